The number of anilines is 1. The minimum Gasteiger partial charge on any atom is -0.494 e. The fourth-order valence-corrected chi connectivity index (χ4v) is 2.59. The summed E-state index contributed by atoms with van der Waals surface area (Å²) in [4.78, 5) is 25.2. The number of rotatable bonds is 10. The predicted molar refractivity (Wildman–Crippen MR) is 125 cm³/mol. The molecule has 0 atom stereocenters. The highest BCUT2D eigenvalue weighted by Gasteiger charge is 2.06. The molecular formula is C19H24Br3N3O3. The molecule has 0 aliphatic carbocycles. The third kappa shape index (κ3) is 9.34. The van der Waals surface area contributed by atoms with Gasteiger partial charge in [0, 0.05) is 30.4 Å². The molecule has 1 amide bonds. The summed E-state index contributed by atoms with van der Waals surface area (Å²) in [6.07, 6.45) is 4.91. The third-order valence-electron chi connectivity index (χ3n) is 3.67. The molecule has 1 heterocycles. The average Bonchev–Trinajstić information content (AvgIpc) is 2.72. The van der Waals surface area contributed by atoms with Gasteiger partial charge in [-0.1, -0.05) is 44.0 Å². The zero-order valence-electron chi connectivity index (χ0n) is 15.6. The van der Waals surface area contributed by atoms with E-state index in [9.17, 15) is 9.59 Å². The summed E-state index contributed by atoms with van der Waals surface area (Å²) >= 11 is 8.73. The monoisotopic (exact) mass is 579 g/mol. The van der Waals surface area contributed by atoms with E-state index in [2.05, 4.69) is 63.4 Å². The van der Waals surface area contributed by atoms with Crippen molar-refractivity contribution in [1.29, 1.82) is 0 Å². The highest BCUT2D eigenvalue weighted by molar-refractivity contribution is 9.19. The molecule has 0 fully saturated rings. The van der Waals surface area contributed by atoms with Crippen molar-refractivity contribution in [2.75, 3.05) is 36.2 Å². The molecule has 6 nitrogen and oxygen atoms in total. The zero-order valence-corrected chi connectivity index (χ0v) is 20.4. The molecule has 2 rings (SSSR count). The molecule has 154 valence electrons. The molecule has 9 heteroatoms. The SMILES string of the molecule is COc1cccc2c(NCCCCCNC(=O)CBr)ccnc12.O=C(Br)CBr. The first kappa shape index (κ1) is 24.8. The first-order valence-corrected chi connectivity index (χ1v) is 11.8. The highest BCUT2D eigenvalue weighted by atomic mass is 79.9. The maximum atomic E-state index is 11.1. The van der Waals surface area contributed by atoms with Gasteiger partial charge >= 0.3 is 0 Å². The van der Waals surface area contributed by atoms with Gasteiger partial charge in [-0.15, -0.1) is 0 Å². The number of methoxy groups -OCH3 is 1. The Morgan fingerprint density at radius 1 is 1.07 bits per heavy atom. The molecule has 0 aliphatic heterocycles. The molecular weight excluding hydrogens is 558 g/mol. The summed E-state index contributed by atoms with van der Waals surface area (Å²) < 4.78 is 5.34. The van der Waals surface area contributed by atoms with Crippen LogP contribution in [0.1, 0.15) is 19.3 Å². The second kappa shape index (κ2) is 14.8. The van der Waals surface area contributed by atoms with Crippen LogP contribution < -0.4 is 15.4 Å². The van der Waals surface area contributed by atoms with Gasteiger partial charge in [0.2, 0.25) is 10.6 Å². The van der Waals surface area contributed by atoms with Gasteiger partial charge in [0.15, 0.2) is 0 Å². The number of carbonyl (C=O) groups excluding carboxylic acids is 2. The maximum absolute atomic E-state index is 11.1. The fourth-order valence-electron chi connectivity index (χ4n) is 2.39. The smallest absolute Gasteiger partial charge is 0.230 e. The highest BCUT2D eigenvalue weighted by Crippen LogP contribution is 2.28. The van der Waals surface area contributed by atoms with Crippen LogP contribution in [0.4, 0.5) is 5.69 Å². The number of hydrogen-bond donors (Lipinski definition) is 2. The van der Waals surface area contributed by atoms with Crippen molar-refractivity contribution in [2.45, 2.75) is 19.3 Å². The molecule has 1 aromatic heterocycles. The number of aromatic nitrogens is 1. The van der Waals surface area contributed by atoms with Crippen LogP contribution in [-0.2, 0) is 9.59 Å². The summed E-state index contributed by atoms with van der Waals surface area (Å²) in [6, 6.07) is 7.92. The van der Waals surface area contributed by atoms with Crippen molar-refractivity contribution in [3.8, 4) is 5.75 Å². The molecule has 0 saturated carbocycles. The number of ether oxygens (including phenoxy) is 1. The standard InChI is InChI=1S/C17H22BrN3O2.C2H2Br2O/c1-23-15-7-5-6-13-14(8-11-21-17(13)15)19-9-3-2-4-10-20-16(22)12-18;3-1-2(4)5/h5-8,11H,2-4,9-10,12H2,1H3,(H,19,21)(H,20,22);1H2. The normalized spacial score (nSPS) is 10.0. The molecule has 2 aromatic rings. The third-order valence-corrected chi connectivity index (χ3v) is 5.72. The number of para-hydroxylation sites is 1. The summed E-state index contributed by atoms with van der Waals surface area (Å²) in [5.41, 5.74) is 1.94. The Balaban J connectivity index is 0.000000696. The van der Waals surface area contributed by atoms with Crippen LogP contribution in [0.25, 0.3) is 10.9 Å². The van der Waals surface area contributed by atoms with Gasteiger partial charge < -0.3 is 15.4 Å². The van der Waals surface area contributed by atoms with Gasteiger partial charge in [0.25, 0.3) is 0 Å². The van der Waals surface area contributed by atoms with Crippen LogP contribution in [0.2, 0.25) is 0 Å². The molecule has 0 aliphatic rings. The van der Waals surface area contributed by atoms with Crippen molar-refractivity contribution in [3.05, 3.63) is 30.5 Å². The first-order chi connectivity index (χ1) is 13.5. The van der Waals surface area contributed by atoms with E-state index < -0.39 is 0 Å². The second-order valence-corrected chi connectivity index (χ2v) is 7.68. The first-order valence-electron chi connectivity index (χ1n) is 8.76. The Labute approximate surface area is 190 Å². The van der Waals surface area contributed by atoms with Crippen LogP contribution in [0, 0.1) is 0 Å². The number of halogens is 3. The fraction of sp³-hybridized carbons (Fsp3) is 0.421. The number of carbonyl (C=O) groups is 2. The van der Waals surface area contributed by atoms with Gasteiger partial charge in [-0.3, -0.25) is 14.6 Å². The van der Waals surface area contributed by atoms with Gasteiger partial charge in [-0.05, 0) is 47.3 Å². The quantitative estimate of drug-likeness (QED) is 0.243. The summed E-state index contributed by atoms with van der Waals surface area (Å²) in [7, 11) is 1.66. The van der Waals surface area contributed by atoms with Crippen molar-refractivity contribution < 1.29 is 14.3 Å². The largest absolute Gasteiger partial charge is 0.494 e. The lowest BCUT2D eigenvalue weighted by Gasteiger charge is -2.11. The van der Waals surface area contributed by atoms with E-state index in [1.165, 1.54) is 0 Å². The molecule has 2 N–H and O–H groups in total. The molecule has 0 saturated heterocycles. The van der Waals surface area contributed by atoms with Crippen LogP contribution in [-0.4, -0.2) is 46.4 Å². The molecule has 28 heavy (non-hydrogen) atoms. The Bertz CT molecular complexity index is 760. The average molecular weight is 582 g/mol. The summed E-state index contributed by atoms with van der Waals surface area (Å²) in [5, 5.41) is 8.14. The molecule has 0 radical (unpaired) electrons. The minimum absolute atomic E-state index is 0.0162. The number of hydrogen-bond acceptors (Lipinski definition) is 5. The van der Waals surface area contributed by atoms with E-state index >= 15 is 0 Å². The number of fused-ring (bicyclic) bond motifs is 1. The number of pyridine rings is 1. The van der Waals surface area contributed by atoms with Crippen molar-refractivity contribution in [1.82, 2.24) is 10.3 Å². The van der Waals surface area contributed by atoms with Crippen LogP contribution in [0.5, 0.6) is 5.75 Å². The lowest BCUT2D eigenvalue weighted by Crippen LogP contribution is -2.25. The van der Waals surface area contributed by atoms with Gasteiger partial charge in [-0.2, -0.15) is 0 Å². The van der Waals surface area contributed by atoms with Gasteiger partial charge in [0.05, 0.1) is 17.8 Å². The maximum Gasteiger partial charge on any atom is 0.230 e. The number of amides is 1. The number of benzene rings is 1. The number of alkyl halides is 2. The zero-order chi connectivity index (χ0) is 20.8. The molecule has 0 unspecified atom stereocenters. The van der Waals surface area contributed by atoms with E-state index in [0.717, 1.165) is 54.7 Å². The van der Waals surface area contributed by atoms with E-state index in [-0.39, 0.29) is 10.6 Å². The molecule has 0 bridgehead atoms. The number of unbranched alkanes of at least 4 members (excludes halogenated alkanes) is 2. The minimum atomic E-state index is -0.0162. The Kier molecular flexibility index (Phi) is 13.1. The lowest BCUT2D eigenvalue weighted by molar-refractivity contribution is -0.118. The Morgan fingerprint density at radius 3 is 2.43 bits per heavy atom. The summed E-state index contributed by atoms with van der Waals surface area (Å²) in [5.74, 6) is 0.828. The van der Waals surface area contributed by atoms with Crippen molar-refractivity contribution >= 4 is 75.0 Å². The number of nitrogens with zero attached hydrogens (tertiary/aromatic N) is 1. The Hall–Kier alpha value is -1.19. The predicted octanol–water partition coefficient (Wildman–Crippen LogP) is 4.64. The van der Waals surface area contributed by atoms with E-state index in [0.29, 0.717) is 10.7 Å². The van der Waals surface area contributed by atoms with E-state index in [4.69, 9.17) is 4.74 Å². The van der Waals surface area contributed by atoms with E-state index in [1.807, 2.05) is 24.3 Å². The topological polar surface area (TPSA) is 80.3 Å². The van der Waals surface area contributed by atoms with Crippen molar-refractivity contribution in [3.63, 3.8) is 0 Å². The molecule has 0 spiro atoms. The van der Waals surface area contributed by atoms with Crippen LogP contribution >= 0.6 is 47.8 Å². The van der Waals surface area contributed by atoms with Crippen LogP contribution in [0.15, 0.2) is 30.5 Å². The van der Waals surface area contributed by atoms with Gasteiger partial charge in [-0.25, -0.2) is 0 Å². The molecule has 1 aromatic carbocycles. The number of nitrogens with one attached hydrogen (secondary N) is 2. The lowest BCUT2D eigenvalue weighted by atomic mass is 10.1. The second-order valence-electron chi connectivity index (χ2n) is 5.67. The van der Waals surface area contributed by atoms with Gasteiger partial charge in [0.1, 0.15) is 11.3 Å². The van der Waals surface area contributed by atoms with E-state index in [1.54, 1.807) is 13.3 Å². The van der Waals surface area contributed by atoms with Crippen LogP contribution in [0.3, 0.4) is 0 Å². The van der Waals surface area contributed by atoms with Crippen molar-refractivity contribution in [2.24, 2.45) is 0 Å². The Morgan fingerprint density at radius 2 is 1.79 bits per heavy atom. The summed E-state index contributed by atoms with van der Waals surface area (Å²) in [6.45, 7) is 1.63.